The van der Waals surface area contributed by atoms with E-state index >= 15 is 0 Å². The molecule has 0 unspecified atom stereocenters. The van der Waals surface area contributed by atoms with Crippen molar-refractivity contribution < 1.29 is 14.7 Å². The largest absolute Gasteiger partial charge is 0.477 e. The van der Waals surface area contributed by atoms with Crippen LogP contribution in [-0.4, -0.2) is 22.9 Å². The summed E-state index contributed by atoms with van der Waals surface area (Å²) in [6.07, 6.45) is 1.84. The fraction of sp³-hybridized carbons (Fsp3) is 0.0556. The van der Waals surface area contributed by atoms with Gasteiger partial charge in [-0.25, -0.2) is 9.79 Å². The first-order chi connectivity index (χ1) is 12.0. The summed E-state index contributed by atoms with van der Waals surface area (Å²) in [6.45, 7) is 0. The number of allylic oxidation sites excluding steroid dienone is 1. The molecule has 7 heteroatoms. The average Bonchev–Trinajstić information content (AvgIpc) is 2.58. The van der Waals surface area contributed by atoms with Gasteiger partial charge in [0.25, 0.3) is 5.91 Å². The molecule has 7 nitrogen and oxygen atoms in total. The average molecular weight is 338 g/mol. The fourth-order valence-electron chi connectivity index (χ4n) is 2.09. The van der Waals surface area contributed by atoms with Gasteiger partial charge in [0.1, 0.15) is 5.70 Å². The van der Waals surface area contributed by atoms with Crippen LogP contribution in [0.5, 0.6) is 0 Å². The maximum Gasteiger partial charge on any atom is 0.352 e. The minimum atomic E-state index is -1.22. The Hall–Kier alpha value is -3.61. The van der Waals surface area contributed by atoms with Gasteiger partial charge in [-0.05, 0) is 36.3 Å². The van der Waals surface area contributed by atoms with E-state index in [1.54, 1.807) is 12.1 Å². The number of rotatable bonds is 6. The molecule has 0 aliphatic carbocycles. The van der Waals surface area contributed by atoms with E-state index in [9.17, 15) is 14.7 Å². The zero-order valence-electron chi connectivity index (χ0n) is 13.3. The Balaban J connectivity index is 2.15. The maximum atomic E-state index is 12.3. The van der Waals surface area contributed by atoms with Crippen LogP contribution < -0.4 is 16.8 Å². The van der Waals surface area contributed by atoms with Crippen molar-refractivity contribution in [2.45, 2.75) is 6.42 Å². The standard InChI is InChI=1S/C18H18N4O3/c19-18(20)21-14-8-4-7-13(11-14)16(23)22-15(17(24)25)10-9-12-5-2-1-3-6-12/h1-8,10-11H,9H2,(H,22,23)(H,24,25)(H4,19,20,21). The van der Waals surface area contributed by atoms with Crippen LogP contribution in [0.4, 0.5) is 5.69 Å². The molecule has 0 aliphatic heterocycles. The normalized spacial score (nSPS) is 10.8. The Morgan fingerprint density at radius 3 is 2.44 bits per heavy atom. The Bertz CT molecular complexity index is 825. The molecule has 128 valence electrons. The highest BCUT2D eigenvalue weighted by molar-refractivity contribution is 6.01. The third-order valence-corrected chi connectivity index (χ3v) is 3.23. The lowest BCUT2D eigenvalue weighted by Gasteiger charge is -2.07. The molecule has 25 heavy (non-hydrogen) atoms. The van der Waals surface area contributed by atoms with Gasteiger partial charge >= 0.3 is 5.97 Å². The van der Waals surface area contributed by atoms with Crippen LogP contribution in [0, 0.1) is 0 Å². The molecule has 0 radical (unpaired) electrons. The number of hydrogen-bond acceptors (Lipinski definition) is 3. The molecule has 0 aromatic heterocycles. The summed E-state index contributed by atoms with van der Waals surface area (Å²) in [7, 11) is 0. The van der Waals surface area contributed by atoms with Crippen LogP contribution in [0.15, 0.2) is 71.4 Å². The highest BCUT2D eigenvalue weighted by atomic mass is 16.4. The second-order valence-electron chi connectivity index (χ2n) is 5.15. The van der Waals surface area contributed by atoms with Gasteiger partial charge in [-0.3, -0.25) is 4.79 Å². The van der Waals surface area contributed by atoms with Gasteiger partial charge in [0, 0.05) is 5.56 Å². The van der Waals surface area contributed by atoms with Crippen molar-refractivity contribution in [2.75, 3.05) is 0 Å². The van der Waals surface area contributed by atoms with Crippen LogP contribution in [0.1, 0.15) is 15.9 Å². The highest BCUT2D eigenvalue weighted by Gasteiger charge is 2.13. The van der Waals surface area contributed by atoms with E-state index in [0.29, 0.717) is 12.1 Å². The lowest BCUT2D eigenvalue weighted by Crippen LogP contribution is -2.27. The summed E-state index contributed by atoms with van der Waals surface area (Å²) < 4.78 is 0. The van der Waals surface area contributed by atoms with Gasteiger partial charge in [-0.1, -0.05) is 36.4 Å². The van der Waals surface area contributed by atoms with Crippen molar-refractivity contribution in [1.29, 1.82) is 0 Å². The number of aliphatic carboxylic acids is 1. The van der Waals surface area contributed by atoms with Crippen molar-refractivity contribution in [1.82, 2.24) is 5.32 Å². The van der Waals surface area contributed by atoms with Crippen molar-refractivity contribution >= 4 is 23.5 Å². The quantitative estimate of drug-likeness (QED) is 0.360. The number of carboxylic acids is 1. The SMILES string of the molecule is NC(N)=Nc1cccc(C(=O)NC(=CCc2ccccc2)C(=O)O)c1. The molecule has 0 bridgehead atoms. The Morgan fingerprint density at radius 2 is 1.80 bits per heavy atom. The number of carbonyl (C=O) groups excluding carboxylic acids is 1. The van der Waals surface area contributed by atoms with E-state index in [1.807, 2.05) is 30.3 Å². The van der Waals surface area contributed by atoms with Crippen LogP contribution >= 0.6 is 0 Å². The van der Waals surface area contributed by atoms with Gasteiger partial charge < -0.3 is 21.9 Å². The molecular formula is C18H18N4O3. The Kier molecular flexibility index (Phi) is 5.89. The molecule has 6 N–H and O–H groups in total. The van der Waals surface area contributed by atoms with E-state index in [2.05, 4.69) is 10.3 Å². The molecule has 0 fully saturated rings. The molecule has 2 aromatic rings. The topological polar surface area (TPSA) is 131 Å². The summed E-state index contributed by atoms with van der Waals surface area (Å²) in [6, 6.07) is 15.6. The number of hydrogen-bond donors (Lipinski definition) is 4. The summed E-state index contributed by atoms with van der Waals surface area (Å²) in [5.41, 5.74) is 12.0. The number of aliphatic imine (C=N–C) groups is 1. The minimum Gasteiger partial charge on any atom is -0.477 e. The molecule has 1 amide bonds. The van der Waals surface area contributed by atoms with Crippen LogP contribution in [0.3, 0.4) is 0 Å². The van der Waals surface area contributed by atoms with Crippen LogP contribution in [-0.2, 0) is 11.2 Å². The lowest BCUT2D eigenvalue weighted by molar-refractivity contribution is -0.133. The molecule has 0 spiro atoms. The van der Waals surface area contributed by atoms with E-state index in [1.165, 1.54) is 18.2 Å². The molecule has 0 saturated heterocycles. The van der Waals surface area contributed by atoms with Gasteiger partial charge in [0.2, 0.25) is 0 Å². The summed E-state index contributed by atoms with van der Waals surface area (Å²) in [4.78, 5) is 27.5. The lowest BCUT2D eigenvalue weighted by atomic mass is 10.1. The molecular weight excluding hydrogens is 320 g/mol. The van der Waals surface area contributed by atoms with Crippen molar-refractivity contribution in [3.8, 4) is 0 Å². The zero-order valence-corrected chi connectivity index (χ0v) is 13.3. The number of nitrogens with two attached hydrogens (primary N) is 2. The number of carboxylic acid groups (broad SMARTS) is 1. The van der Waals surface area contributed by atoms with Crippen molar-refractivity contribution in [2.24, 2.45) is 16.5 Å². The van der Waals surface area contributed by atoms with Gasteiger partial charge in [-0.2, -0.15) is 0 Å². The van der Waals surface area contributed by atoms with E-state index in [0.717, 1.165) is 5.56 Å². The van der Waals surface area contributed by atoms with Gasteiger partial charge in [0.15, 0.2) is 5.96 Å². The number of guanidine groups is 1. The monoisotopic (exact) mass is 338 g/mol. The third kappa shape index (κ3) is 5.51. The molecule has 0 aliphatic rings. The first-order valence-electron chi connectivity index (χ1n) is 7.44. The number of nitrogens with zero attached hydrogens (tertiary/aromatic N) is 1. The Morgan fingerprint density at radius 1 is 1.08 bits per heavy atom. The first kappa shape index (κ1) is 17.7. The van der Waals surface area contributed by atoms with Gasteiger partial charge in [-0.15, -0.1) is 0 Å². The smallest absolute Gasteiger partial charge is 0.352 e. The van der Waals surface area contributed by atoms with Crippen LogP contribution in [0.2, 0.25) is 0 Å². The zero-order chi connectivity index (χ0) is 18.2. The second-order valence-corrected chi connectivity index (χ2v) is 5.15. The predicted molar refractivity (Wildman–Crippen MR) is 95.2 cm³/mol. The van der Waals surface area contributed by atoms with Crippen molar-refractivity contribution in [3.63, 3.8) is 0 Å². The number of amides is 1. The van der Waals surface area contributed by atoms with E-state index < -0.39 is 11.9 Å². The third-order valence-electron chi connectivity index (χ3n) is 3.23. The molecule has 2 aromatic carbocycles. The first-order valence-corrected chi connectivity index (χ1v) is 7.44. The van der Waals surface area contributed by atoms with E-state index in [4.69, 9.17) is 11.5 Å². The minimum absolute atomic E-state index is 0.133. The predicted octanol–water partition coefficient (Wildman–Crippen LogP) is 1.53. The molecule has 0 atom stereocenters. The molecule has 0 saturated carbocycles. The maximum absolute atomic E-state index is 12.3. The number of carbonyl (C=O) groups is 2. The second kappa shape index (κ2) is 8.30. The fourth-order valence-corrected chi connectivity index (χ4v) is 2.09. The molecule has 0 heterocycles. The van der Waals surface area contributed by atoms with E-state index in [-0.39, 0.29) is 17.2 Å². The van der Waals surface area contributed by atoms with Crippen LogP contribution in [0.25, 0.3) is 0 Å². The number of benzene rings is 2. The summed E-state index contributed by atoms with van der Waals surface area (Å²) in [5.74, 6) is -1.91. The highest BCUT2D eigenvalue weighted by Crippen LogP contribution is 2.14. The van der Waals surface area contributed by atoms with Crippen molar-refractivity contribution in [3.05, 3.63) is 77.5 Å². The molecule has 2 rings (SSSR count). The summed E-state index contributed by atoms with van der Waals surface area (Å²) in [5, 5.41) is 11.7. The van der Waals surface area contributed by atoms with Gasteiger partial charge in [0.05, 0.1) is 5.69 Å². The summed E-state index contributed by atoms with van der Waals surface area (Å²) >= 11 is 0. The number of nitrogens with one attached hydrogen (secondary N) is 1. The Labute approximate surface area is 144 Å².